The van der Waals surface area contributed by atoms with E-state index in [-0.39, 0.29) is 17.5 Å². The van der Waals surface area contributed by atoms with Crippen molar-refractivity contribution in [2.24, 2.45) is 0 Å². The molecule has 9 heteroatoms. The van der Waals surface area contributed by atoms with Gasteiger partial charge in [-0.25, -0.2) is 8.42 Å². The van der Waals surface area contributed by atoms with Crippen LogP contribution in [0.2, 0.25) is 0 Å². The monoisotopic (exact) mass is 374 g/mol. The van der Waals surface area contributed by atoms with Gasteiger partial charge in [0.1, 0.15) is 0 Å². The first-order valence-electron chi connectivity index (χ1n) is 8.86. The minimum absolute atomic E-state index is 0.121. The maximum Gasteiger partial charge on any atom is 0.249 e. The lowest BCUT2D eigenvalue weighted by Gasteiger charge is -2.17. The molecule has 138 valence electrons. The molecule has 0 saturated carbocycles. The summed E-state index contributed by atoms with van der Waals surface area (Å²) in [5.74, 6) is 1.26. The largest absolute Gasteiger partial charge is 0.372 e. The van der Waals surface area contributed by atoms with Gasteiger partial charge in [-0.05, 0) is 43.5 Å². The predicted molar refractivity (Wildman–Crippen MR) is 102 cm³/mol. The van der Waals surface area contributed by atoms with Gasteiger partial charge in [0.2, 0.25) is 5.95 Å². The van der Waals surface area contributed by atoms with Gasteiger partial charge in [0.25, 0.3) is 0 Å². The molecule has 1 aromatic carbocycles. The summed E-state index contributed by atoms with van der Waals surface area (Å²) < 4.78 is 23.1. The second-order valence-corrected chi connectivity index (χ2v) is 9.00. The fourth-order valence-electron chi connectivity index (χ4n) is 3.40. The van der Waals surface area contributed by atoms with E-state index >= 15 is 0 Å². The highest BCUT2D eigenvalue weighted by atomic mass is 32.2. The molecule has 1 aromatic heterocycles. The minimum atomic E-state index is -2.93. The van der Waals surface area contributed by atoms with Crippen molar-refractivity contribution < 1.29 is 8.42 Å². The lowest BCUT2D eigenvalue weighted by Crippen LogP contribution is -2.21. The van der Waals surface area contributed by atoms with E-state index in [1.165, 1.54) is 24.7 Å². The van der Waals surface area contributed by atoms with E-state index < -0.39 is 9.84 Å². The van der Waals surface area contributed by atoms with Gasteiger partial charge in [-0.1, -0.05) is 0 Å². The molecule has 0 aliphatic carbocycles. The zero-order valence-corrected chi connectivity index (χ0v) is 15.2. The van der Waals surface area contributed by atoms with E-state index in [1.807, 2.05) is 12.1 Å². The molecule has 26 heavy (non-hydrogen) atoms. The van der Waals surface area contributed by atoms with Crippen LogP contribution in [0.25, 0.3) is 0 Å². The van der Waals surface area contributed by atoms with Gasteiger partial charge in [-0.2, -0.15) is 10.1 Å². The Bertz CT molecular complexity index is 865. The molecule has 0 spiro atoms. The van der Waals surface area contributed by atoms with E-state index in [1.54, 1.807) is 0 Å². The summed E-state index contributed by atoms with van der Waals surface area (Å²) in [5, 5.41) is 14.2. The van der Waals surface area contributed by atoms with Crippen LogP contribution in [0.3, 0.4) is 0 Å². The second-order valence-electron chi connectivity index (χ2n) is 6.78. The quantitative estimate of drug-likeness (QED) is 0.817. The van der Waals surface area contributed by atoms with Crippen molar-refractivity contribution in [3.63, 3.8) is 0 Å². The van der Waals surface area contributed by atoms with Gasteiger partial charge < -0.3 is 15.5 Å². The van der Waals surface area contributed by atoms with Crippen molar-refractivity contribution >= 4 is 33.0 Å². The van der Waals surface area contributed by atoms with E-state index in [4.69, 9.17) is 0 Å². The van der Waals surface area contributed by atoms with E-state index in [9.17, 15) is 8.42 Å². The van der Waals surface area contributed by atoms with Gasteiger partial charge in [-0.15, -0.1) is 5.10 Å². The number of rotatable bonds is 5. The molecule has 2 aliphatic heterocycles. The summed E-state index contributed by atoms with van der Waals surface area (Å²) in [5.41, 5.74) is 2.11. The van der Waals surface area contributed by atoms with Gasteiger partial charge >= 0.3 is 0 Å². The molecule has 8 nitrogen and oxygen atoms in total. The molecular weight excluding hydrogens is 352 g/mol. The van der Waals surface area contributed by atoms with Crippen LogP contribution >= 0.6 is 0 Å². The number of nitrogens with zero attached hydrogens (tertiary/aromatic N) is 4. The molecule has 2 fully saturated rings. The van der Waals surface area contributed by atoms with Crippen molar-refractivity contribution in [2.75, 3.05) is 40.1 Å². The Balaban J connectivity index is 1.40. The normalized spacial score (nSPS) is 21.7. The van der Waals surface area contributed by atoms with E-state index in [0.29, 0.717) is 18.2 Å². The number of hydrogen-bond acceptors (Lipinski definition) is 8. The van der Waals surface area contributed by atoms with Gasteiger partial charge in [-0.3, -0.25) is 0 Å². The molecule has 2 N–H and O–H groups in total. The summed E-state index contributed by atoms with van der Waals surface area (Å²) in [6.45, 7) is 2.23. The van der Waals surface area contributed by atoms with Crippen molar-refractivity contribution in [3.05, 3.63) is 30.5 Å². The fraction of sp³-hybridized carbons (Fsp3) is 0.471. The van der Waals surface area contributed by atoms with Gasteiger partial charge in [0.15, 0.2) is 15.7 Å². The van der Waals surface area contributed by atoms with Crippen molar-refractivity contribution in [2.45, 2.75) is 25.3 Å². The first kappa shape index (κ1) is 17.0. The summed E-state index contributed by atoms with van der Waals surface area (Å²) in [6, 6.07) is 8.06. The lowest BCUT2D eigenvalue weighted by atomic mass is 10.2. The highest BCUT2D eigenvalue weighted by Gasteiger charge is 2.28. The van der Waals surface area contributed by atoms with Gasteiger partial charge in [0.05, 0.1) is 17.7 Å². The van der Waals surface area contributed by atoms with E-state index in [0.717, 1.165) is 18.8 Å². The standard InChI is InChI=1S/C17H22N6O2S/c24-26(25)10-7-14(12-26)19-16-11-18-22-17(21-16)20-13-3-5-15(6-4-13)23-8-1-2-9-23/h3-6,11,14H,1-2,7-10,12H2,(H2,19,20,21,22). The minimum Gasteiger partial charge on any atom is -0.372 e. The molecule has 1 unspecified atom stereocenters. The summed E-state index contributed by atoms with van der Waals surface area (Å²) in [4.78, 5) is 6.76. The average Bonchev–Trinajstić information content (AvgIpc) is 3.26. The van der Waals surface area contributed by atoms with Crippen LogP contribution in [0, 0.1) is 0 Å². The molecule has 2 aromatic rings. The number of hydrogen-bond donors (Lipinski definition) is 2. The molecule has 3 heterocycles. The number of sulfone groups is 1. The van der Waals surface area contributed by atoms with Crippen molar-refractivity contribution in [3.8, 4) is 0 Å². The first-order valence-corrected chi connectivity index (χ1v) is 10.7. The van der Waals surface area contributed by atoms with E-state index in [2.05, 4.69) is 42.8 Å². The summed E-state index contributed by atoms with van der Waals surface area (Å²) in [7, 11) is -2.93. The Morgan fingerprint density at radius 3 is 2.58 bits per heavy atom. The Morgan fingerprint density at radius 2 is 1.88 bits per heavy atom. The lowest BCUT2D eigenvalue weighted by molar-refractivity contribution is 0.602. The molecule has 0 bridgehead atoms. The molecule has 0 amide bonds. The number of benzene rings is 1. The summed E-state index contributed by atoms with van der Waals surface area (Å²) in [6.07, 6.45) is 4.60. The van der Waals surface area contributed by atoms with Crippen LogP contribution in [0.1, 0.15) is 19.3 Å². The second kappa shape index (κ2) is 7.06. The zero-order chi connectivity index (χ0) is 18.0. The number of anilines is 4. The average molecular weight is 374 g/mol. The fourth-order valence-corrected chi connectivity index (χ4v) is 5.08. The third-order valence-corrected chi connectivity index (χ3v) is 6.51. The Hall–Kier alpha value is -2.42. The molecule has 2 saturated heterocycles. The zero-order valence-electron chi connectivity index (χ0n) is 14.4. The van der Waals surface area contributed by atoms with Crippen LogP contribution in [-0.2, 0) is 9.84 Å². The van der Waals surface area contributed by atoms with Crippen molar-refractivity contribution in [1.82, 2.24) is 15.2 Å². The molecule has 4 rings (SSSR count). The Kier molecular flexibility index (Phi) is 4.62. The Labute approximate surface area is 153 Å². The van der Waals surface area contributed by atoms with Crippen LogP contribution in [-0.4, -0.2) is 54.2 Å². The van der Waals surface area contributed by atoms with Crippen LogP contribution in [0.4, 0.5) is 23.1 Å². The number of aromatic nitrogens is 3. The SMILES string of the molecule is O=S1(=O)CCC(Nc2cnnc(Nc3ccc(N4CCCC4)cc3)n2)C1. The Morgan fingerprint density at radius 1 is 1.12 bits per heavy atom. The van der Waals surface area contributed by atoms with Crippen molar-refractivity contribution in [1.29, 1.82) is 0 Å². The third-order valence-electron chi connectivity index (χ3n) is 4.74. The smallest absolute Gasteiger partial charge is 0.249 e. The van der Waals surface area contributed by atoms with Gasteiger partial charge in [0, 0.05) is 30.5 Å². The molecular formula is C17H22N6O2S. The molecule has 0 radical (unpaired) electrons. The first-order chi connectivity index (χ1) is 12.6. The van der Waals surface area contributed by atoms with Crippen LogP contribution in [0.5, 0.6) is 0 Å². The maximum atomic E-state index is 11.6. The molecule has 2 aliphatic rings. The number of nitrogens with one attached hydrogen (secondary N) is 2. The third kappa shape index (κ3) is 4.04. The molecule has 1 atom stereocenters. The highest BCUT2D eigenvalue weighted by molar-refractivity contribution is 7.91. The highest BCUT2D eigenvalue weighted by Crippen LogP contribution is 2.23. The van der Waals surface area contributed by atoms with Crippen LogP contribution in [0.15, 0.2) is 30.5 Å². The predicted octanol–water partition coefficient (Wildman–Crippen LogP) is 1.81. The topological polar surface area (TPSA) is 100 Å². The maximum absolute atomic E-state index is 11.6. The summed E-state index contributed by atoms with van der Waals surface area (Å²) >= 11 is 0. The van der Waals surface area contributed by atoms with Crippen LogP contribution < -0.4 is 15.5 Å².